The van der Waals surface area contributed by atoms with Crippen LogP contribution in [0, 0.1) is 11.8 Å². The Hall–Kier alpha value is -1.06. The van der Waals surface area contributed by atoms with E-state index >= 15 is 0 Å². The molecule has 1 N–H and O–H groups in total. The van der Waals surface area contributed by atoms with Gasteiger partial charge in [-0.1, -0.05) is 19.8 Å². The highest BCUT2D eigenvalue weighted by atomic mass is 16.4. The van der Waals surface area contributed by atoms with Crippen LogP contribution in [0.4, 0.5) is 0 Å². The number of rotatable bonds is 4. The third kappa shape index (κ3) is 2.85. The molecule has 0 saturated heterocycles. The van der Waals surface area contributed by atoms with Crippen LogP contribution in [0.2, 0.25) is 0 Å². The van der Waals surface area contributed by atoms with Gasteiger partial charge in [-0.05, 0) is 37.5 Å². The van der Waals surface area contributed by atoms with E-state index in [2.05, 4.69) is 6.92 Å². The topological polar surface area (TPSA) is 57.6 Å². The Labute approximate surface area is 108 Å². The minimum Gasteiger partial charge on any atom is -0.480 e. The van der Waals surface area contributed by atoms with Crippen molar-refractivity contribution in [3.05, 3.63) is 0 Å². The Morgan fingerprint density at radius 1 is 1.11 bits per heavy atom. The molecule has 18 heavy (non-hydrogen) atoms. The Balaban J connectivity index is 2.11. The van der Waals surface area contributed by atoms with E-state index in [-0.39, 0.29) is 17.9 Å². The van der Waals surface area contributed by atoms with Crippen LogP contribution in [0.25, 0.3) is 0 Å². The lowest BCUT2D eigenvalue weighted by Crippen LogP contribution is -2.50. The molecule has 0 heterocycles. The quantitative estimate of drug-likeness (QED) is 0.836. The van der Waals surface area contributed by atoms with E-state index in [1.165, 1.54) is 6.92 Å². The summed E-state index contributed by atoms with van der Waals surface area (Å²) >= 11 is 0. The molecule has 1 unspecified atom stereocenters. The van der Waals surface area contributed by atoms with Crippen molar-refractivity contribution in [3.8, 4) is 0 Å². The van der Waals surface area contributed by atoms with Gasteiger partial charge in [0.2, 0.25) is 5.91 Å². The van der Waals surface area contributed by atoms with Gasteiger partial charge in [-0.25, -0.2) is 4.79 Å². The first-order valence-corrected chi connectivity index (χ1v) is 7.02. The number of carbonyl (C=O) groups is 2. The molecule has 0 spiro atoms. The number of carboxylic acid groups (broad SMARTS) is 1. The lowest BCUT2D eigenvalue weighted by molar-refractivity contribution is -0.153. The van der Waals surface area contributed by atoms with Crippen LogP contribution in [0.1, 0.15) is 52.4 Å². The van der Waals surface area contributed by atoms with Crippen LogP contribution < -0.4 is 0 Å². The van der Waals surface area contributed by atoms with Crippen LogP contribution in [-0.4, -0.2) is 34.0 Å². The van der Waals surface area contributed by atoms with Crippen molar-refractivity contribution in [2.24, 2.45) is 11.8 Å². The fourth-order valence-corrected chi connectivity index (χ4v) is 3.18. The van der Waals surface area contributed by atoms with Gasteiger partial charge >= 0.3 is 5.97 Å². The van der Waals surface area contributed by atoms with Gasteiger partial charge in [-0.3, -0.25) is 4.79 Å². The van der Waals surface area contributed by atoms with Gasteiger partial charge in [-0.2, -0.15) is 0 Å². The summed E-state index contributed by atoms with van der Waals surface area (Å²) in [5.41, 5.74) is 0. The van der Waals surface area contributed by atoms with Crippen LogP contribution >= 0.6 is 0 Å². The molecule has 0 radical (unpaired) electrons. The smallest absolute Gasteiger partial charge is 0.326 e. The van der Waals surface area contributed by atoms with Gasteiger partial charge in [0, 0.05) is 13.0 Å². The van der Waals surface area contributed by atoms with Crippen LogP contribution in [0.3, 0.4) is 0 Å². The first-order valence-electron chi connectivity index (χ1n) is 7.02. The molecule has 0 bridgehead atoms. The molecule has 1 amide bonds. The lowest BCUT2D eigenvalue weighted by Gasteiger charge is -2.37. The molecule has 1 atom stereocenters. The Morgan fingerprint density at radius 3 is 2.06 bits per heavy atom. The maximum Gasteiger partial charge on any atom is 0.326 e. The van der Waals surface area contributed by atoms with E-state index in [0.29, 0.717) is 5.92 Å². The highest BCUT2D eigenvalue weighted by Gasteiger charge is 2.43. The van der Waals surface area contributed by atoms with Crippen molar-refractivity contribution in [2.45, 2.75) is 64.5 Å². The van der Waals surface area contributed by atoms with Crippen LogP contribution in [-0.2, 0) is 9.59 Å². The molecule has 2 fully saturated rings. The molecule has 4 heteroatoms. The fourth-order valence-electron chi connectivity index (χ4n) is 3.18. The molecule has 2 saturated carbocycles. The van der Waals surface area contributed by atoms with Crippen molar-refractivity contribution >= 4 is 11.9 Å². The van der Waals surface area contributed by atoms with Crippen molar-refractivity contribution in [3.63, 3.8) is 0 Å². The van der Waals surface area contributed by atoms with Gasteiger partial charge < -0.3 is 10.0 Å². The monoisotopic (exact) mass is 253 g/mol. The summed E-state index contributed by atoms with van der Waals surface area (Å²) in [7, 11) is 0. The maximum absolute atomic E-state index is 11.7. The Bertz CT molecular complexity index is 330. The molecule has 102 valence electrons. The summed E-state index contributed by atoms with van der Waals surface area (Å²) < 4.78 is 0. The molecule has 0 aromatic carbocycles. The molecule has 2 aliphatic carbocycles. The highest BCUT2D eigenvalue weighted by Crippen LogP contribution is 2.37. The number of amides is 1. The second kappa shape index (κ2) is 5.29. The lowest BCUT2D eigenvalue weighted by atomic mass is 9.78. The SMILES string of the molecule is CC(=O)N(C1CC1)C(C(=O)O)C1CCC(C)CC1. The van der Waals surface area contributed by atoms with Crippen molar-refractivity contribution in [1.29, 1.82) is 0 Å². The minimum atomic E-state index is -0.823. The number of carbonyl (C=O) groups excluding carboxylic acids is 1. The summed E-state index contributed by atoms with van der Waals surface area (Å²) in [4.78, 5) is 24.9. The van der Waals surface area contributed by atoms with Crippen molar-refractivity contribution < 1.29 is 14.7 Å². The van der Waals surface area contributed by atoms with Crippen molar-refractivity contribution in [1.82, 2.24) is 4.90 Å². The first-order chi connectivity index (χ1) is 8.50. The summed E-state index contributed by atoms with van der Waals surface area (Å²) in [6.45, 7) is 3.72. The second-order valence-corrected chi connectivity index (χ2v) is 5.96. The van der Waals surface area contributed by atoms with E-state index in [1.54, 1.807) is 4.90 Å². The van der Waals surface area contributed by atoms with E-state index in [0.717, 1.165) is 38.5 Å². The third-order valence-corrected chi connectivity index (χ3v) is 4.36. The zero-order valence-corrected chi connectivity index (χ0v) is 11.3. The summed E-state index contributed by atoms with van der Waals surface area (Å²) in [5.74, 6) is -0.0641. The van der Waals surface area contributed by atoms with Gasteiger partial charge in [-0.15, -0.1) is 0 Å². The molecule has 0 aliphatic heterocycles. The van der Waals surface area contributed by atoms with E-state index in [9.17, 15) is 14.7 Å². The molecule has 2 rings (SSSR count). The third-order valence-electron chi connectivity index (χ3n) is 4.36. The number of carboxylic acids is 1. The van der Waals surface area contributed by atoms with Crippen molar-refractivity contribution in [2.75, 3.05) is 0 Å². The van der Waals surface area contributed by atoms with Gasteiger partial charge in [0.15, 0.2) is 0 Å². The van der Waals surface area contributed by atoms with E-state index in [1.807, 2.05) is 0 Å². The van der Waals surface area contributed by atoms with Crippen LogP contribution in [0.5, 0.6) is 0 Å². The Morgan fingerprint density at radius 2 is 1.67 bits per heavy atom. The van der Waals surface area contributed by atoms with Gasteiger partial charge in [0.1, 0.15) is 6.04 Å². The summed E-state index contributed by atoms with van der Waals surface area (Å²) in [5, 5.41) is 9.49. The van der Waals surface area contributed by atoms with Gasteiger partial charge in [0.25, 0.3) is 0 Å². The Kier molecular flexibility index (Phi) is 3.93. The predicted octanol–water partition coefficient (Wildman–Crippen LogP) is 2.28. The molecular weight excluding hydrogens is 230 g/mol. The summed E-state index contributed by atoms with van der Waals surface area (Å²) in [6.07, 6.45) is 5.98. The molecular formula is C14H23NO3. The number of hydrogen-bond donors (Lipinski definition) is 1. The summed E-state index contributed by atoms with van der Waals surface area (Å²) in [6, 6.07) is -0.412. The normalized spacial score (nSPS) is 29.7. The first kappa shape index (κ1) is 13.4. The molecule has 4 nitrogen and oxygen atoms in total. The molecule has 0 aromatic heterocycles. The molecule has 0 aromatic rings. The van der Waals surface area contributed by atoms with E-state index < -0.39 is 12.0 Å². The number of nitrogens with zero attached hydrogens (tertiary/aromatic N) is 1. The molecule has 2 aliphatic rings. The van der Waals surface area contributed by atoms with Gasteiger partial charge in [0.05, 0.1) is 0 Å². The largest absolute Gasteiger partial charge is 0.480 e. The zero-order chi connectivity index (χ0) is 13.3. The zero-order valence-electron chi connectivity index (χ0n) is 11.3. The maximum atomic E-state index is 11.7. The minimum absolute atomic E-state index is 0.0801. The average molecular weight is 253 g/mol. The second-order valence-electron chi connectivity index (χ2n) is 5.96. The van der Waals surface area contributed by atoms with E-state index in [4.69, 9.17) is 0 Å². The predicted molar refractivity (Wildman–Crippen MR) is 68.1 cm³/mol. The number of hydrogen-bond acceptors (Lipinski definition) is 2. The number of aliphatic carboxylic acids is 1. The van der Waals surface area contributed by atoms with Crippen LogP contribution in [0.15, 0.2) is 0 Å². The fraction of sp³-hybridized carbons (Fsp3) is 0.857. The standard InChI is InChI=1S/C14H23NO3/c1-9-3-5-11(6-4-9)13(14(17)18)15(10(2)16)12-7-8-12/h9,11-13H,3-8H2,1-2H3,(H,17,18). The highest BCUT2D eigenvalue weighted by molar-refractivity contribution is 5.83. The average Bonchev–Trinajstić information content (AvgIpc) is 3.10.